The van der Waals surface area contributed by atoms with E-state index in [0.717, 1.165) is 0 Å². The Balaban J connectivity index is 3.23. The van der Waals surface area contributed by atoms with Crippen LogP contribution < -0.4 is 5.76 Å². The van der Waals surface area contributed by atoms with E-state index in [0.29, 0.717) is 5.69 Å². The molecule has 3 nitrogen and oxygen atoms in total. The van der Waals surface area contributed by atoms with Crippen molar-refractivity contribution in [1.82, 2.24) is 4.98 Å². The van der Waals surface area contributed by atoms with Crippen LogP contribution in [-0.2, 0) is 0 Å². The van der Waals surface area contributed by atoms with Crippen molar-refractivity contribution in [2.24, 2.45) is 0 Å². The Hall–Kier alpha value is -1.38. The summed E-state index contributed by atoms with van der Waals surface area (Å²) in [6.07, 6.45) is 2.77. The molecular weight excluding hydrogens is 118 g/mol. The second kappa shape index (κ2) is 2.26. The quantitative estimate of drug-likeness (QED) is 0.551. The second-order valence-electron chi connectivity index (χ2n) is 1.43. The molecule has 0 amide bonds. The lowest BCUT2D eigenvalue weighted by Gasteiger charge is -1.83. The van der Waals surface area contributed by atoms with E-state index in [4.69, 9.17) is 0 Å². The van der Waals surface area contributed by atoms with Gasteiger partial charge < -0.3 is 4.42 Å². The van der Waals surface area contributed by atoms with E-state index in [1.54, 1.807) is 6.07 Å². The molecule has 9 heavy (non-hydrogen) atoms. The van der Waals surface area contributed by atoms with Crippen LogP contribution in [0.15, 0.2) is 28.1 Å². The minimum atomic E-state index is -0.590. The highest BCUT2D eigenvalue weighted by Gasteiger charge is 1.86. The van der Waals surface area contributed by atoms with Crippen LogP contribution in [0.1, 0.15) is 5.69 Å². The summed E-state index contributed by atoms with van der Waals surface area (Å²) in [4.78, 5) is 13.8. The predicted molar refractivity (Wildman–Crippen MR) is 32.9 cm³/mol. The summed E-state index contributed by atoms with van der Waals surface area (Å²) in [6.45, 7) is 3.43. The molecule has 0 spiro atoms. The normalized spacial score (nSPS) is 8.89. The van der Waals surface area contributed by atoms with Gasteiger partial charge in [-0.2, -0.15) is 4.98 Å². The highest BCUT2D eigenvalue weighted by molar-refractivity contribution is 5.39. The SMILES string of the molecule is C=Cc1ccoc(=O)n1. The van der Waals surface area contributed by atoms with E-state index < -0.39 is 5.76 Å². The van der Waals surface area contributed by atoms with Crippen molar-refractivity contribution in [3.05, 3.63) is 35.2 Å². The molecule has 0 aliphatic heterocycles. The number of rotatable bonds is 1. The van der Waals surface area contributed by atoms with E-state index in [-0.39, 0.29) is 0 Å². The monoisotopic (exact) mass is 123 g/mol. The molecule has 0 aromatic carbocycles. The van der Waals surface area contributed by atoms with Crippen molar-refractivity contribution in [1.29, 1.82) is 0 Å². The van der Waals surface area contributed by atoms with Gasteiger partial charge in [-0.05, 0) is 12.1 Å². The van der Waals surface area contributed by atoms with Crippen molar-refractivity contribution in [2.75, 3.05) is 0 Å². The number of hydrogen-bond acceptors (Lipinski definition) is 3. The average Bonchev–Trinajstić information content (AvgIpc) is 1.88. The van der Waals surface area contributed by atoms with E-state index >= 15 is 0 Å². The van der Waals surface area contributed by atoms with Crippen LogP contribution in [0.2, 0.25) is 0 Å². The van der Waals surface area contributed by atoms with Gasteiger partial charge in [0, 0.05) is 0 Å². The van der Waals surface area contributed by atoms with Gasteiger partial charge in [-0.1, -0.05) is 6.58 Å². The van der Waals surface area contributed by atoms with E-state index in [9.17, 15) is 4.79 Å². The smallest absolute Gasteiger partial charge is 0.417 e. The zero-order valence-corrected chi connectivity index (χ0v) is 4.70. The van der Waals surface area contributed by atoms with E-state index in [1.807, 2.05) is 0 Å². The molecule has 1 aromatic rings. The molecule has 0 saturated carbocycles. The third-order valence-corrected chi connectivity index (χ3v) is 0.837. The number of hydrogen-bond donors (Lipinski definition) is 0. The summed E-state index contributed by atoms with van der Waals surface area (Å²) in [5.41, 5.74) is 0.534. The maximum Gasteiger partial charge on any atom is 0.439 e. The summed E-state index contributed by atoms with van der Waals surface area (Å²) < 4.78 is 4.36. The second-order valence-corrected chi connectivity index (χ2v) is 1.43. The van der Waals surface area contributed by atoms with Crippen molar-refractivity contribution in [3.8, 4) is 0 Å². The maximum atomic E-state index is 10.3. The maximum absolute atomic E-state index is 10.3. The third kappa shape index (κ3) is 1.25. The largest absolute Gasteiger partial charge is 0.439 e. The van der Waals surface area contributed by atoms with Crippen molar-refractivity contribution >= 4 is 6.08 Å². The fourth-order valence-electron chi connectivity index (χ4n) is 0.445. The Bertz CT molecular complexity index is 264. The zero-order chi connectivity index (χ0) is 6.69. The van der Waals surface area contributed by atoms with Crippen LogP contribution in [-0.4, -0.2) is 4.98 Å². The Morgan fingerprint density at radius 3 is 3.00 bits per heavy atom. The fraction of sp³-hybridized carbons (Fsp3) is 0. The lowest BCUT2D eigenvalue weighted by Crippen LogP contribution is -2.02. The van der Waals surface area contributed by atoms with Crippen molar-refractivity contribution in [3.63, 3.8) is 0 Å². The molecule has 0 bridgehead atoms. The first-order chi connectivity index (χ1) is 4.33. The molecule has 3 heteroatoms. The van der Waals surface area contributed by atoms with Gasteiger partial charge >= 0.3 is 5.76 Å². The first-order valence-electron chi connectivity index (χ1n) is 2.41. The van der Waals surface area contributed by atoms with Crippen LogP contribution in [0.3, 0.4) is 0 Å². The molecule has 0 aliphatic carbocycles. The number of aromatic nitrogens is 1. The van der Waals surface area contributed by atoms with Gasteiger partial charge in [0.25, 0.3) is 0 Å². The fourth-order valence-corrected chi connectivity index (χ4v) is 0.445. The van der Waals surface area contributed by atoms with Gasteiger partial charge in [-0.15, -0.1) is 0 Å². The molecule has 0 N–H and O–H groups in total. The summed E-state index contributed by atoms with van der Waals surface area (Å²) in [5.74, 6) is -0.590. The van der Waals surface area contributed by atoms with E-state index in [1.165, 1.54) is 12.3 Å². The molecule has 46 valence electrons. The van der Waals surface area contributed by atoms with Crippen molar-refractivity contribution < 1.29 is 4.42 Å². The highest BCUT2D eigenvalue weighted by atomic mass is 16.4. The van der Waals surface area contributed by atoms with Gasteiger partial charge in [0.2, 0.25) is 0 Å². The minimum absolute atomic E-state index is 0.534. The molecule has 0 aliphatic rings. The van der Waals surface area contributed by atoms with E-state index in [2.05, 4.69) is 16.0 Å². The first kappa shape index (κ1) is 5.75. The summed E-state index contributed by atoms with van der Waals surface area (Å²) in [6, 6.07) is 1.56. The molecule has 1 heterocycles. The van der Waals surface area contributed by atoms with Gasteiger partial charge in [0.1, 0.15) is 0 Å². The average molecular weight is 123 g/mol. The first-order valence-corrected chi connectivity index (χ1v) is 2.41. The standard InChI is InChI=1S/C6H5NO2/c1-2-5-3-4-9-6(8)7-5/h2-4H,1H2. The summed E-state index contributed by atoms with van der Waals surface area (Å²) in [5, 5.41) is 0. The molecule has 1 aromatic heterocycles. The molecule has 0 radical (unpaired) electrons. The Labute approximate surface area is 51.7 Å². The molecule has 0 saturated heterocycles. The van der Waals surface area contributed by atoms with Crippen LogP contribution in [0, 0.1) is 0 Å². The predicted octanol–water partition coefficient (Wildman–Crippen LogP) is 0.678. The van der Waals surface area contributed by atoms with Gasteiger partial charge in [-0.25, -0.2) is 4.79 Å². The summed E-state index contributed by atoms with van der Waals surface area (Å²) >= 11 is 0. The topological polar surface area (TPSA) is 43.1 Å². The van der Waals surface area contributed by atoms with Crippen LogP contribution >= 0.6 is 0 Å². The third-order valence-electron chi connectivity index (χ3n) is 0.837. The highest BCUT2D eigenvalue weighted by Crippen LogP contribution is 1.88. The lowest BCUT2D eigenvalue weighted by molar-refractivity contribution is 0.482. The van der Waals surface area contributed by atoms with Crippen LogP contribution in [0.5, 0.6) is 0 Å². The Morgan fingerprint density at radius 2 is 2.56 bits per heavy atom. The lowest BCUT2D eigenvalue weighted by atomic mass is 10.4. The Kier molecular flexibility index (Phi) is 1.44. The molecule has 1 rings (SSSR count). The van der Waals surface area contributed by atoms with Crippen LogP contribution in [0.4, 0.5) is 0 Å². The van der Waals surface area contributed by atoms with Crippen LogP contribution in [0.25, 0.3) is 6.08 Å². The number of nitrogens with zero attached hydrogens (tertiary/aromatic N) is 1. The molecule has 0 unspecified atom stereocenters. The Morgan fingerprint density at radius 1 is 1.78 bits per heavy atom. The van der Waals surface area contributed by atoms with Gasteiger partial charge in [0.05, 0.1) is 12.0 Å². The molecular formula is C6H5NO2. The van der Waals surface area contributed by atoms with Gasteiger partial charge in [0.15, 0.2) is 0 Å². The molecule has 0 fully saturated rings. The summed E-state index contributed by atoms with van der Waals surface area (Å²) in [7, 11) is 0. The van der Waals surface area contributed by atoms with Gasteiger partial charge in [-0.3, -0.25) is 0 Å². The minimum Gasteiger partial charge on any atom is -0.417 e. The zero-order valence-electron chi connectivity index (χ0n) is 4.70. The van der Waals surface area contributed by atoms with Crippen molar-refractivity contribution in [2.45, 2.75) is 0 Å². The molecule has 0 atom stereocenters.